The molecule has 4 rings (SSSR count). The van der Waals surface area contributed by atoms with Gasteiger partial charge in [-0.2, -0.15) is 0 Å². The molecule has 0 atom stereocenters. The number of aromatic nitrogens is 2. The monoisotopic (exact) mass is 434 g/mol. The van der Waals surface area contributed by atoms with E-state index in [4.69, 9.17) is 9.47 Å². The molecule has 1 aliphatic rings. The lowest BCUT2D eigenvalue weighted by Crippen LogP contribution is -2.37. The average molecular weight is 434 g/mol. The summed E-state index contributed by atoms with van der Waals surface area (Å²) in [6.07, 6.45) is 2.18. The largest absolute Gasteiger partial charge is 0.496 e. The van der Waals surface area contributed by atoms with Crippen molar-refractivity contribution in [2.75, 3.05) is 43.6 Å². The Hall–Kier alpha value is -3.65. The number of anilines is 3. The van der Waals surface area contributed by atoms with Gasteiger partial charge in [0.1, 0.15) is 17.9 Å². The molecule has 166 valence electrons. The zero-order valence-electron chi connectivity index (χ0n) is 18.2. The average Bonchev–Trinajstić information content (AvgIpc) is 2.84. The summed E-state index contributed by atoms with van der Waals surface area (Å²) in [5, 5.41) is 13.2. The van der Waals surface area contributed by atoms with Crippen molar-refractivity contribution in [3.05, 3.63) is 59.9 Å². The Labute approximate surface area is 186 Å². The zero-order valence-corrected chi connectivity index (χ0v) is 18.2. The number of hydrogen-bond donors (Lipinski definition) is 2. The van der Waals surface area contributed by atoms with Gasteiger partial charge in [-0.25, -0.2) is 14.8 Å². The van der Waals surface area contributed by atoms with Gasteiger partial charge in [0.25, 0.3) is 0 Å². The van der Waals surface area contributed by atoms with Crippen molar-refractivity contribution in [2.24, 2.45) is 0 Å². The fraction of sp³-hybridized carbons (Fsp3) is 0.292. The molecule has 0 aliphatic carbocycles. The van der Waals surface area contributed by atoms with E-state index in [9.17, 15) is 9.90 Å². The number of nitrogens with one attached hydrogen (secondary N) is 1. The van der Waals surface area contributed by atoms with E-state index < -0.39 is 5.97 Å². The number of carboxylic acid groups (broad SMARTS) is 1. The maximum absolute atomic E-state index is 12.1. The minimum absolute atomic E-state index is 0.271. The SMILES string of the molecule is CCc1cc(Nc2cc(-c3ccccc3OC)ncn2)cc(C(=O)O)c1N1CCOCC1. The minimum Gasteiger partial charge on any atom is -0.496 e. The van der Waals surface area contributed by atoms with E-state index in [0.29, 0.717) is 55.7 Å². The second-order valence-electron chi connectivity index (χ2n) is 7.40. The maximum Gasteiger partial charge on any atom is 0.337 e. The molecule has 2 aromatic carbocycles. The van der Waals surface area contributed by atoms with Crippen molar-refractivity contribution in [3.8, 4) is 17.0 Å². The molecule has 8 nitrogen and oxygen atoms in total. The van der Waals surface area contributed by atoms with Gasteiger partial charge >= 0.3 is 5.97 Å². The number of para-hydroxylation sites is 1. The number of aromatic carboxylic acids is 1. The van der Waals surface area contributed by atoms with Crippen molar-refractivity contribution in [1.29, 1.82) is 0 Å². The molecule has 0 amide bonds. The van der Waals surface area contributed by atoms with Crippen molar-refractivity contribution < 1.29 is 19.4 Å². The quantitative estimate of drug-likeness (QED) is 0.576. The molecular formula is C24H26N4O4. The Morgan fingerprint density at radius 1 is 1.19 bits per heavy atom. The summed E-state index contributed by atoms with van der Waals surface area (Å²) in [6, 6.07) is 13.1. The number of morpholine rings is 1. The summed E-state index contributed by atoms with van der Waals surface area (Å²) in [5.74, 6) is 0.328. The molecule has 0 unspecified atom stereocenters. The number of nitrogens with zero attached hydrogens (tertiary/aromatic N) is 3. The Morgan fingerprint density at radius 2 is 1.97 bits per heavy atom. The molecule has 32 heavy (non-hydrogen) atoms. The number of benzene rings is 2. The predicted molar refractivity (Wildman–Crippen MR) is 123 cm³/mol. The first-order chi connectivity index (χ1) is 15.6. The predicted octanol–water partition coefficient (Wildman–Crippen LogP) is 3.99. The molecule has 1 fully saturated rings. The van der Waals surface area contributed by atoms with Gasteiger partial charge in [0, 0.05) is 30.4 Å². The van der Waals surface area contributed by atoms with Crippen LogP contribution in [0.4, 0.5) is 17.2 Å². The van der Waals surface area contributed by atoms with Gasteiger partial charge < -0.3 is 24.8 Å². The Bertz CT molecular complexity index is 1110. The molecule has 2 N–H and O–H groups in total. The third-order valence-electron chi connectivity index (χ3n) is 5.45. The van der Waals surface area contributed by atoms with E-state index in [-0.39, 0.29) is 5.56 Å². The van der Waals surface area contributed by atoms with Gasteiger partial charge in [-0.1, -0.05) is 19.1 Å². The lowest BCUT2D eigenvalue weighted by molar-refractivity contribution is 0.0696. The van der Waals surface area contributed by atoms with Gasteiger partial charge in [0.2, 0.25) is 0 Å². The molecule has 1 aromatic heterocycles. The summed E-state index contributed by atoms with van der Waals surface area (Å²) in [5.41, 5.74) is 4.23. The van der Waals surface area contributed by atoms with Crippen LogP contribution in [0.1, 0.15) is 22.8 Å². The van der Waals surface area contributed by atoms with Crippen LogP contribution in [0.3, 0.4) is 0 Å². The summed E-state index contributed by atoms with van der Waals surface area (Å²) >= 11 is 0. The van der Waals surface area contributed by atoms with E-state index in [1.807, 2.05) is 43.3 Å². The summed E-state index contributed by atoms with van der Waals surface area (Å²) in [6.45, 7) is 4.56. The highest BCUT2D eigenvalue weighted by molar-refractivity contribution is 5.97. The van der Waals surface area contributed by atoms with Crippen LogP contribution in [0.5, 0.6) is 5.75 Å². The molecule has 0 bridgehead atoms. The van der Waals surface area contributed by atoms with Crippen molar-refractivity contribution >= 4 is 23.2 Å². The van der Waals surface area contributed by atoms with Crippen LogP contribution in [0.25, 0.3) is 11.3 Å². The second kappa shape index (κ2) is 9.65. The smallest absolute Gasteiger partial charge is 0.337 e. The Balaban J connectivity index is 1.69. The Morgan fingerprint density at radius 3 is 2.69 bits per heavy atom. The molecule has 3 aromatic rings. The molecule has 8 heteroatoms. The molecule has 1 saturated heterocycles. The summed E-state index contributed by atoms with van der Waals surface area (Å²) in [4.78, 5) is 22.9. The van der Waals surface area contributed by atoms with Crippen LogP contribution in [0.2, 0.25) is 0 Å². The van der Waals surface area contributed by atoms with E-state index in [2.05, 4.69) is 20.2 Å². The Kier molecular flexibility index (Phi) is 6.51. The highest BCUT2D eigenvalue weighted by atomic mass is 16.5. The fourth-order valence-corrected chi connectivity index (χ4v) is 3.94. The number of hydrogen-bond acceptors (Lipinski definition) is 7. The number of ether oxygens (including phenoxy) is 2. The highest BCUT2D eigenvalue weighted by Gasteiger charge is 2.22. The first-order valence-corrected chi connectivity index (χ1v) is 10.6. The zero-order chi connectivity index (χ0) is 22.5. The summed E-state index contributed by atoms with van der Waals surface area (Å²) < 4.78 is 10.9. The molecule has 0 spiro atoms. The van der Waals surface area contributed by atoms with Crippen molar-refractivity contribution in [1.82, 2.24) is 9.97 Å². The molecule has 0 saturated carbocycles. The number of aryl methyl sites for hydroxylation is 1. The van der Waals surface area contributed by atoms with E-state index in [0.717, 1.165) is 16.8 Å². The first-order valence-electron chi connectivity index (χ1n) is 10.6. The van der Waals surface area contributed by atoms with Crippen LogP contribution in [-0.4, -0.2) is 54.5 Å². The molecule has 1 aliphatic heterocycles. The number of carboxylic acids is 1. The van der Waals surface area contributed by atoms with E-state index in [1.165, 1.54) is 6.33 Å². The number of methoxy groups -OCH3 is 1. The lowest BCUT2D eigenvalue weighted by Gasteiger charge is -2.32. The van der Waals surface area contributed by atoms with Gasteiger partial charge in [-0.15, -0.1) is 0 Å². The molecule has 2 heterocycles. The third kappa shape index (κ3) is 4.50. The lowest BCUT2D eigenvalue weighted by atomic mass is 10.0. The second-order valence-corrected chi connectivity index (χ2v) is 7.40. The first kappa shape index (κ1) is 21.6. The van der Waals surface area contributed by atoms with Crippen molar-refractivity contribution in [3.63, 3.8) is 0 Å². The van der Waals surface area contributed by atoms with Crippen LogP contribution in [0.15, 0.2) is 48.8 Å². The van der Waals surface area contributed by atoms with Crippen molar-refractivity contribution in [2.45, 2.75) is 13.3 Å². The van der Waals surface area contributed by atoms with Gasteiger partial charge in [-0.05, 0) is 36.2 Å². The normalized spacial score (nSPS) is 13.6. The third-order valence-corrected chi connectivity index (χ3v) is 5.45. The standard InChI is InChI=1S/C24H26N4O4/c1-3-16-12-17(13-19(24(29)30)23(16)28-8-10-32-11-9-28)27-22-14-20(25-15-26-22)18-6-4-5-7-21(18)31-2/h4-7,12-15H,3,8-11H2,1-2H3,(H,29,30)(H,25,26,27). The van der Waals surface area contributed by atoms with Crippen LogP contribution >= 0.6 is 0 Å². The minimum atomic E-state index is -0.956. The number of rotatable bonds is 7. The van der Waals surface area contributed by atoms with E-state index in [1.54, 1.807) is 13.2 Å². The summed E-state index contributed by atoms with van der Waals surface area (Å²) in [7, 11) is 1.62. The maximum atomic E-state index is 12.1. The van der Waals surface area contributed by atoms with Gasteiger partial charge in [-0.3, -0.25) is 0 Å². The van der Waals surface area contributed by atoms with Crippen LogP contribution in [-0.2, 0) is 11.2 Å². The van der Waals surface area contributed by atoms with Gasteiger partial charge in [0.05, 0.1) is 37.3 Å². The molecular weight excluding hydrogens is 408 g/mol. The van der Waals surface area contributed by atoms with E-state index >= 15 is 0 Å². The van der Waals surface area contributed by atoms with Gasteiger partial charge in [0.15, 0.2) is 0 Å². The number of carbonyl (C=O) groups is 1. The van der Waals surface area contributed by atoms with Crippen LogP contribution in [0, 0.1) is 0 Å². The molecule has 0 radical (unpaired) electrons. The highest BCUT2D eigenvalue weighted by Crippen LogP contribution is 2.33. The fourth-order valence-electron chi connectivity index (χ4n) is 3.94. The van der Waals surface area contributed by atoms with Crippen LogP contribution < -0.4 is 15.0 Å². The topological polar surface area (TPSA) is 96.8 Å².